The monoisotopic (exact) mass is 350 g/mol. The van der Waals surface area contributed by atoms with Crippen LogP contribution in [-0.2, 0) is 0 Å². The molecular formula is C14H17Cl2FN2O3. The van der Waals surface area contributed by atoms with Crippen LogP contribution in [0.25, 0.3) is 0 Å². The number of aliphatic hydroxyl groups is 2. The van der Waals surface area contributed by atoms with Crippen LogP contribution in [0.4, 0.5) is 14.9 Å². The van der Waals surface area contributed by atoms with E-state index in [1.807, 2.05) is 0 Å². The van der Waals surface area contributed by atoms with Crippen molar-refractivity contribution in [2.75, 3.05) is 25.0 Å². The molecule has 1 heterocycles. The van der Waals surface area contributed by atoms with E-state index in [1.54, 1.807) is 0 Å². The van der Waals surface area contributed by atoms with Crippen LogP contribution in [0.1, 0.15) is 19.3 Å². The van der Waals surface area contributed by atoms with Crippen molar-refractivity contribution >= 4 is 34.9 Å². The molecule has 1 atom stereocenters. The van der Waals surface area contributed by atoms with Crippen molar-refractivity contribution in [2.24, 2.45) is 0 Å². The van der Waals surface area contributed by atoms with Crippen LogP contribution in [0.2, 0.25) is 10.0 Å². The first-order valence-corrected chi connectivity index (χ1v) is 7.64. The normalized spacial score (nSPS) is 22.3. The van der Waals surface area contributed by atoms with Crippen molar-refractivity contribution in [3.8, 4) is 0 Å². The van der Waals surface area contributed by atoms with Crippen LogP contribution in [0, 0.1) is 5.82 Å². The van der Waals surface area contributed by atoms with Crippen LogP contribution >= 0.6 is 23.2 Å². The second kappa shape index (κ2) is 7.00. The number of rotatable bonds is 2. The standard InChI is InChI=1S/C14H17Cl2FN2O3/c15-9-6-10(16)12(7-11(9)17)18-13(21)19-4-1-2-14(22,8-20)3-5-19/h6-7,20,22H,1-5,8H2,(H,18,21)/t14-/m1/s1. The van der Waals surface area contributed by atoms with Gasteiger partial charge in [-0.15, -0.1) is 0 Å². The number of carbonyl (C=O) groups is 1. The van der Waals surface area contributed by atoms with Crippen molar-refractivity contribution in [1.29, 1.82) is 0 Å². The summed E-state index contributed by atoms with van der Waals surface area (Å²) in [6, 6.07) is 1.84. The van der Waals surface area contributed by atoms with E-state index in [0.717, 1.165) is 6.07 Å². The number of carbonyl (C=O) groups excluding carboxylic acids is 1. The molecule has 1 aliphatic heterocycles. The van der Waals surface area contributed by atoms with Gasteiger partial charge in [-0.25, -0.2) is 9.18 Å². The molecule has 0 aliphatic carbocycles. The molecule has 5 nitrogen and oxygen atoms in total. The van der Waals surface area contributed by atoms with Crippen LogP contribution < -0.4 is 5.32 Å². The van der Waals surface area contributed by atoms with E-state index in [9.17, 15) is 19.4 Å². The number of nitrogens with zero attached hydrogens (tertiary/aromatic N) is 1. The van der Waals surface area contributed by atoms with Crippen molar-refractivity contribution in [1.82, 2.24) is 4.90 Å². The molecule has 0 radical (unpaired) electrons. The van der Waals surface area contributed by atoms with Gasteiger partial charge < -0.3 is 20.4 Å². The van der Waals surface area contributed by atoms with Gasteiger partial charge in [0.15, 0.2) is 0 Å². The summed E-state index contributed by atoms with van der Waals surface area (Å²) in [5, 5.41) is 21.8. The molecule has 0 spiro atoms. The van der Waals surface area contributed by atoms with E-state index in [0.29, 0.717) is 19.4 Å². The molecule has 8 heteroatoms. The summed E-state index contributed by atoms with van der Waals surface area (Å²) < 4.78 is 13.4. The van der Waals surface area contributed by atoms with Gasteiger partial charge in [0.25, 0.3) is 0 Å². The number of benzene rings is 1. The van der Waals surface area contributed by atoms with Gasteiger partial charge in [-0.05, 0) is 25.3 Å². The highest BCUT2D eigenvalue weighted by molar-refractivity contribution is 6.36. The Kier molecular flexibility index (Phi) is 5.50. The molecule has 22 heavy (non-hydrogen) atoms. The van der Waals surface area contributed by atoms with Crippen LogP contribution in [0.3, 0.4) is 0 Å². The number of urea groups is 1. The minimum Gasteiger partial charge on any atom is -0.393 e. The fourth-order valence-corrected chi connectivity index (χ4v) is 2.78. The first-order valence-electron chi connectivity index (χ1n) is 6.88. The Morgan fingerprint density at radius 2 is 2.05 bits per heavy atom. The van der Waals surface area contributed by atoms with Gasteiger partial charge in [-0.2, -0.15) is 0 Å². The molecule has 1 saturated heterocycles. The highest BCUT2D eigenvalue weighted by Gasteiger charge is 2.30. The van der Waals surface area contributed by atoms with Gasteiger partial charge in [0.1, 0.15) is 5.82 Å². The number of likely N-dealkylation sites (tertiary alicyclic amines) is 1. The number of hydrogen-bond acceptors (Lipinski definition) is 3. The van der Waals surface area contributed by atoms with E-state index < -0.39 is 17.4 Å². The molecule has 0 bridgehead atoms. The predicted octanol–water partition coefficient (Wildman–Crippen LogP) is 2.87. The topological polar surface area (TPSA) is 72.8 Å². The van der Waals surface area contributed by atoms with E-state index in [-0.39, 0.29) is 35.3 Å². The first kappa shape index (κ1) is 17.3. The maximum atomic E-state index is 13.4. The lowest BCUT2D eigenvalue weighted by Crippen LogP contribution is -2.38. The molecule has 1 aliphatic rings. The Labute approximate surface area is 137 Å². The number of anilines is 1. The number of hydrogen-bond donors (Lipinski definition) is 3. The average molecular weight is 351 g/mol. The van der Waals surface area contributed by atoms with Gasteiger partial charge in [-0.1, -0.05) is 23.2 Å². The quantitative estimate of drug-likeness (QED) is 0.718. The van der Waals surface area contributed by atoms with Gasteiger partial charge >= 0.3 is 6.03 Å². The van der Waals surface area contributed by atoms with Crippen LogP contribution in [-0.4, -0.2) is 46.4 Å². The average Bonchev–Trinajstić information content (AvgIpc) is 2.67. The lowest BCUT2D eigenvalue weighted by Gasteiger charge is -2.24. The molecule has 2 amide bonds. The summed E-state index contributed by atoms with van der Waals surface area (Å²) >= 11 is 11.5. The number of aliphatic hydroxyl groups excluding tert-OH is 1. The Hall–Kier alpha value is -1.08. The third kappa shape index (κ3) is 4.01. The van der Waals surface area contributed by atoms with Gasteiger partial charge in [0, 0.05) is 19.2 Å². The van der Waals surface area contributed by atoms with E-state index in [2.05, 4.69) is 5.32 Å². The third-order valence-corrected chi connectivity index (χ3v) is 4.35. The van der Waals surface area contributed by atoms with Crippen molar-refractivity contribution in [2.45, 2.75) is 24.9 Å². The van der Waals surface area contributed by atoms with Gasteiger partial charge in [-0.3, -0.25) is 0 Å². The van der Waals surface area contributed by atoms with Gasteiger partial charge in [0.2, 0.25) is 0 Å². The van der Waals surface area contributed by atoms with Crippen LogP contribution in [0.15, 0.2) is 12.1 Å². The molecule has 0 aromatic heterocycles. The molecule has 1 aromatic rings. The Morgan fingerprint density at radius 1 is 1.32 bits per heavy atom. The smallest absolute Gasteiger partial charge is 0.321 e. The lowest BCUT2D eigenvalue weighted by molar-refractivity contribution is -0.0247. The summed E-state index contributed by atoms with van der Waals surface area (Å²) in [6.07, 6.45) is 1.26. The molecule has 2 rings (SSSR count). The van der Waals surface area contributed by atoms with Crippen molar-refractivity contribution < 1.29 is 19.4 Å². The second-order valence-electron chi connectivity index (χ2n) is 5.40. The first-order chi connectivity index (χ1) is 10.3. The molecule has 1 aromatic carbocycles. The molecule has 3 N–H and O–H groups in total. The fourth-order valence-electron chi connectivity index (χ4n) is 2.35. The highest BCUT2D eigenvalue weighted by atomic mass is 35.5. The zero-order valence-corrected chi connectivity index (χ0v) is 13.3. The van der Waals surface area contributed by atoms with Gasteiger partial charge in [0.05, 0.1) is 27.9 Å². The molecule has 1 fully saturated rings. The van der Waals surface area contributed by atoms with Crippen LogP contribution in [0.5, 0.6) is 0 Å². The fraction of sp³-hybridized carbons (Fsp3) is 0.500. The summed E-state index contributed by atoms with van der Waals surface area (Å²) in [4.78, 5) is 13.7. The summed E-state index contributed by atoms with van der Waals surface area (Å²) in [6.45, 7) is 0.384. The Morgan fingerprint density at radius 3 is 2.73 bits per heavy atom. The third-order valence-electron chi connectivity index (χ3n) is 3.75. The van der Waals surface area contributed by atoms with Crippen molar-refractivity contribution in [3.05, 3.63) is 28.0 Å². The summed E-state index contributed by atoms with van der Waals surface area (Å²) in [5.41, 5.74) is -1.02. The van der Waals surface area contributed by atoms with E-state index in [1.165, 1.54) is 11.0 Å². The van der Waals surface area contributed by atoms with E-state index in [4.69, 9.17) is 23.2 Å². The predicted molar refractivity (Wildman–Crippen MR) is 82.9 cm³/mol. The zero-order chi connectivity index (χ0) is 16.3. The largest absolute Gasteiger partial charge is 0.393 e. The zero-order valence-electron chi connectivity index (χ0n) is 11.8. The van der Waals surface area contributed by atoms with E-state index >= 15 is 0 Å². The number of amides is 2. The minimum absolute atomic E-state index is 0.120. The lowest BCUT2D eigenvalue weighted by atomic mass is 9.96. The minimum atomic E-state index is -1.15. The SMILES string of the molecule is O=C(Nc1cc(F)c(Cl)cc1Cl)N1CCC[C@](O)(CO)CC1. The summed E-state index contributed by atoms with van der Waals surface area (Å²) in [7, 11) is 0. The number of nitrogens with one attached hydrogen (secondary N) is 1. The maximum absolute atomic E-state index is 13.4. The number of halogens is 3. The summed E-state index contributed by atoms with van der Waals surface area (Å²) in [5.74, 6) is -0.674. The highest BCUT2D eigenvalue weighted by Crippen LogP contribution is 2.29. The Bertz CT molecular complexity index is 573. The molecule has 0 unspecified atom stereocenters. The second-order valence-corrected chi connectivity index (χ2v) is 6.21. The Balaban J connectivity index is 2.05. The maximum Gasteiger partial charge on any atom is 0.321 e. The van der Waals surface area contributed by atoms with Crippen molar-refractivity contribution in [3.63, 3.8) is 0 Å². The molecule has 122 valence electrons. The molecule has 0 saturated carbocycles. The molecular weight excluding hydrogens is 334 g/mol.